The van der Waals surface area contributed by atoms with Crippen LogP contribution in [0, 0.1) is 11.6 Å². The molecular weight excluding hydrogens is 548 g/mol. The fraction of sp³-hybridized carbons (Fsp3) is 0.226. The summed E-state index contributed by atoms with van der Waals surface area (Å²) in [5.41, 5.74) is 6.02. The van der Waals surface area contributed by atoms with Gasteiger partial charge in [0.15, 0.2) is 23.1 Å². The van der Waals surface area contributed by atoms with Gasteiger partial charge in [-0.2, -0.15) is 0 Å². The fourth-order valence-electron chi connectivity index (χ4n) is 5.65. The quantitative estimate of drug-likeness (QED) is 0.374. The zero-order chi connectivity index (χ0) is 28.1. The second-order valence-electron chi connectivity index (χ2n) is 10.1. The monoisotopic (exact) mass is 573 g/mol. The van der Waals surface area contributed by atoms with Crippen LogP contribution in [0.3, 0.4) is 0 Å². The first kappa shape index (κ1) is 25.8. The maximum Gasteiger partial charge on any atom is 0.278 e. The predicted octanol–water partition coefficient (Wildman–Crippen LogP) is 4.92. The van der Waals surface area contributed by atoms with Crippen LogP contribution in [0.1, 0.15) is 32.7 Å². The van der Waals surface area contributed by atoms with Gasteiger partial charge in [-0.25, -0.2) is 13.5 Å². The summed E-state index contributed by atoms with van der Waals surface area (Å²) in [6, 6.07) is 19.5. The van der Waals surface area contributed by atoms with Crippen LogP contribution < -0.4 is 15.6 Å². The van der Waals surface area contributed by atoms with Crippen molar-refractivity contribution in [2.24, 2.45) is 0 Å². The summed E-state index contributed by atoms with van der Waals surface area (Å²) in [6.45, 7) is 1.01. The minimum absolute atomic E-state index is 0.0171. The van der Waals surface area contributed by atoms with Crippen LogP contribution >= 0.6 is 11.8 Å². The SMILES string of the molecule is O=C1c2c(OCc3ccccc3)c(=O)cc(-c3cc(F)c(F)c4c3Cc3ccccc3SC4)n2NC2COCCN12. The van der Waals surface area contributed by atoms with E-state index in [2.05, 4.69) is 5.43 Å². The highest BCUT2D eigenvalue weighted by Crippen LogP contribution is 2.40. The number of nitrogens with one attached hydrogen (secondary N) is 1. The molecule has 4 aromatic rings. The second-order valence-corrected chi connectivity index (χ2v) is 11.2. The zero-order valence-corrected chi connectivity index (χ0v) is 22.7. The number of carbonyl (C=O) groups is 1. The molecule has 1 unspecified atom stereocenters. The highest BCUT2D eigenvalue weighted by Gasteiger charge is 2.39. The van der Waals surface area contributed by atoms with Gasteiger partial charge in [0.25, 0.3) is 5.91 Å². The molecule has 3 aliphatic rings. The minimum Gasteiger partial charge on any atom is -0.482 e. The number of amides is 1. The smallest absolute Gasteiger partial charge is 0.278 e. The van der Waals surface area contributed by atoms with Crippen LogP contribution in [-0.4, -0.2) is 41.4 Å². The van der Waals surface area contributed by atoms with E-state index in [1.165, 1.54) is 22.5 Å². The largest absolute Gasteiger partial charge is 0.482 e. The number of halogens is 2. The Morgan fingerprint density at radius 3 is 2.68 bits per heavy atom. The molecule has 4 heterocycles. The number of hydrogen-bond donors (Lipinski definition) is 1. The molecule has 10 heteroatoms. The second kappa shape index (κ2) is 10.4. The first-order valence-corrected chi connectivity index (χ1v) is 14.3. The molecule has 0 saturated carbocycles. The maximum absolute atomic E-state index is 15.2. The standard InChI is InChI=1S/C31H25F2N3O4S/c32-23-13-21(20-12-19-8-4-5-9-26(19)41-17-22(20)28(23)33)24-14-25(37)30(40-15-18-6-2-1-3-7-18)29-31(38)35-10-11-39-16-27(35)34-36(24)29/h1-9,13-14,27,34H,10-12,15-17H2. The molecular formula is C31H25F2N3O4S. The average Bonchev–Trinajstić information content (AvgIpc) is 3.19. The van der Waals surface area contributed by atoms with Gasteiger partial charge >= 0.3 is 0 Å². The Kier molecular flexibility index (Phi) is 6.51. The van der Waals surface area contributed by atoms with E-state index in [9.17, 15) is 9.59 Å². The molecule has 1 amide bonds. The molecule has 41 heavy (non-hydrogen) atoms. The number of morpholine rings is 1. The van der Waals surface area contributed by atoms with Gasteiger partial charge in [0.1, 0.15) is 12.8 Å². The number of carbonyl (C=O) groups excluding carboxylic acids is 1. The third kappa shape index (κ3) is 4.47. The lowest BCUT2D eigenvalue weighted by Crippen LogP contribution is -2.59. The lowest BCUT2D eigenvalue weighted by Gasteiger charge is -2.42. The summed E-state index contributed by atoms with van der Waals surface area (Å²) in [5, 5.41) is 0. The van der Waals surface area contributed by atoms with E-state index in [0.29, 0.717) is 30.7 Å². The molecule has 208 valence electrons. The predicted molar refractivity (Wildman–Crippen MR) is 151 cm³/mol. The van der Waals surface area contributed by atoms with Crippen molar-refractivity contribution in [1.82, 2.24) is 9.58 Å². The van der Waals surface area contributed by atoms with E-state index < -0.39 is 29.1 Å². The fourth-order valence-corrected chi connectivity index (χ4v) is 6.76. The number of benzene rings is 3. The summed E-state index contributed by atoms with van der Waals surface area (Å²) in [5.74, 6) is -2.18. The van der Waals surface area contributed by atoms with Gasteiger partial charge < -0.3 is 19.8 Å². The average molecular weight is 574 g/mol. The van der Waals surface area contributed by atoms with Crippen molar-refractivity contribution in [3.63, 3.8) is 0 Å². The normalized spacial score (nSPS) is 17.5. The Morgan fingerprint density at radius 2 is 1.83 bits per heavy atom. The van der Waals surface area contributed by atoms with E-state index in [1.807, 2.05) is 54.6 Å². The van der Waals surface area contributed by atoms with Gasteiger partial charge in [0.05, 0.1) is 18.9 Å². The number of rotatable bonds is 4. The molecule has 0 spiro atoms. The molecule has 0 bridgehead atoms. The van der Waals surface area contributed by atoms with Gasteiger partial charge in [-0.15, -0.1) is 11.8 Å². The third-order valence-corrected chi connectivity index (χ3v) is 8.83. The number of pyridine rings is 1. The topological polar surface area (TPSA) is 72.8 Å². The van der Waals surface area contributed by atoms with Crippen molar-refractivity contribution in [2.45, 2.75) is 29.8 Å². The summed E-state index contributed by atoms with van der Waals surface area (Å²) in [4.78, 5) is 30.2. The third-order valence-electron chi connectivity index (χ3n) is 7.69. The van der Waals surface area contributed by atoms with Crippen LogP contribution in [-0.2, 0) is 23.5 Å². The molecule has 7 nitrogen and oxygen atoms in total. The van der Waals surface area contributed by atoms with E-state index in [4.69, 9.17) is 9.47 Å². The summed E-state index contributed by atoms with van der Waals surface area (Å²) in [7, 11) is 0. The van der Waals surface area contributed by atoms with Gasteiger partial charge in [0, 0.05) is 34.4 Å². The lowest BCUT2D eigenvalue weighted by atomic mass is 9.92. The number of aromatic nitrogens is 1. The van der Waals surface area contributed by atoms with E-state index in [0.717, 1.165) is 22.1 Å². The zero-order valence-electron chi connectivity index (χ0n) is 21.9. The molecule has 1 N–H and O–H groups in total. The Bertz CT molecular complexity index is 1740. The Morgan fingerprint density at radius 1 is 1.02 bits per heavy atom. The van der Waals surface area contributed by atoms with Crippen LogP contribution in [0.2, 0.25) is 0 Å². The Hall–Kier alpha value is -4.15. The van der Waals surface area contributed by atoms with Crippen molar-refractivity contribution in [3.05, 3.63) is 117 Å². The first-order valence-electron chi connectivity index (χ1n) is 13.3. The molecule has 7 rings (SSSR count). The van der Waals surface area contributed by atoms with Crippen molar-refractivity contribution in [3.8, 4) is 17.0 Å². The summed E-state index contributed by atoms with van der Waals surface area (Å²) < 4.78 is 43.5. The van der Waals surface area contributed by atoms with Gasteiger partial charge in [-0.3, -0.25) is 9.59 Å². The van der Waals surface area contributed by atoms with Gasteiger partial charge in [-0.05, 0) is 35.2 Å². The lowest BCUT2D eigenvalue weighted by molar-refractivity contribution is -0.00312. The van der Waals surface area contributed by atoms with Crippen LogP contribution in [0.15, 0.2) is 76.4 Å². The number of fused-ring (bicyclic) bond motifs is 4. The van der Waals surface area contributed by atoms with Gasteiger partial charge in [0.2, 0.25) is 5.43 Å². The summed E-state index contributed by atoms with van der Waals surface area (Å²) >= 11 is 1.45. The van der Waals surface area contributed by atoms with E-state index in [1.54, 1.807) is 4.90 Å². The summed E-state index contributed by atoms with van der Waals surface area (Å²) in [6.07, 6.45) is -0.167. The Labute approximate surface area is 238 Å². The maximum atomic E-state index is 15.2. The number of hydrogen-bond acceptors (Lipinski definition) is 6. The van der Waals surface area contributed by atoms with Gasteiger partial charge in [-0.1, -0.05) is 48.5 Å². The van der Waals surface area contributed by atoms with Crippen LogP contribution in [0.5, 0.6) is 5.75 Å². The van der Waals surface area contributed by atoms with Crippen LogP contribution in [0.25, 0.3) is 11.3 Å². The molecule has 0 aliphatic carbocycles. The highest BCUT2D eigenvalue weighted by atomic mass is 32.2. The number of nitrogens with zero attached hydrogens (tertiary/aromatic N) is 2. The molecule has 1 fully saturated rings. The number of thioether (sulfide) groups is 1. The molecule has 1 aromatic heterocycles. The molecule has 0 radical (unpaired) electrons. The molecule has 1 atom stereocenters. The molecule has 3 aliphatic heterocycles. The molecule has 1 saturated heterocycles. The highest BCUT2D eigenvalue weighted by molar-refractivity contribution is 7.98. The number of ether oxygens (including phenoxy) is 2. The Balaban J connectivity index is 1.43. The van der Waals surface area contributed by atoms with E-state index >= 15 is 8.78 Å². The van der Waals surface area contributed by atoms with Crippen LogP contribution in [0.4, 0.5) is 8.78 Å². The minimum atomic E-state index is -1.01. The molecule has 3 aromatic carbocycles. The van der Waals surface area contributed by atoms with Crippen molar-refractivity contribution in [2.75, 3.05) is 25.2 Å². The van der Waals surface area contributed by atoms with Crippen molar-refractivity contribution >= 4 is 17.7 Å². The van der Waals surface area contributed by atoms with Crippen molar-refractivity contribution in [1.29, 1.82) is 0 Å². The van der Waals surface area contributed by atoms with E-state index in [-0.39, 0.29) is 41.7 Å². The van der Waals surface area contributed by atoms with Crippen molar-refractivity contribution < 1.29 is 23.0 Å². The first-order chi connectivity index (χ1) is 20.0.